The third-order valence-corrected chi connectivity index (χ3v) is 6.88. The summed E-state index contributed by atoms with van der Waals surface area (Å²) < 4.78 is 11.3. The van der Waals surface area contributed by atoms with Crippen LogP contribution in [0.15, 0.2) is 84.9 Å². The van der Waals surface area contributed by atoms with Crippen LogP contribution in [0.5, 0.6) is 5.75 Å². The van der Waals surface area contributed by atoms with Gasteiger partial charge in [-0.05, 0) is 41.7 Å². The van der Waals surface area contributed by atoms with Gasteiger partial charge in [0.25, 0.3) is 0 Å². The first-order valence-electron chi connectivity index (χ1n) is 13.7. The summed E-state index contributed by atoms with van der Waals surface area (Å²) in [5.74, 6) is 0.583. The monoisotopic (exact) mass is 514 g/mol. The van der Waals surface area contributed by atoms with E-state index in [2.05, 4.69) is 10.6 Å². The molecule has 0 unspecified atom stereocenters. The number of amides is 2. The maximum Gasteiger partial charge on any atom is 0.408 e. The molecular weight excluding hydrogens is 476 g/mol. The van der Waals surface area contributed by atoms with Crippen LogP contribution in [0.2, 0.25) is 0 Å². The van der Waals surface area contributed by atoms with Crippen molar-refractivity contribution in [3.8, 4) is 5.75 Å². The summed E-state index contributed by atoms with van der Waals surface area (Å²) in [5.41, 5.74) is 2.92. The van der Waals surface area contributed by atoms with Crippen LogP contribution in [0.25, 0.3) is 0 Å². The molecule has 200 valence electrons. The molecule has 6 nitrogen and oxygen atoms in total. The molecule has 0 saturated heterocycles. The van der Waals surface area contributed by atoms with E-state index in [-0.39, 0.29) is 18.6 Å². The Morgan fingerprint density at radius 3 is 1.92 bits per heavy atom. The van der Waals surface area contributed by atoms with Crippen molar-refractivity contribution in [2.24, 2.45) is 0 Å². The Balaban J connectivity index is 1.37. The highest BCUT2D eigenvalue weighted by Crippen LogP contribution is 2.18. The van der Waals surface area contributed by atoms with Gasteiger partial charge in [-0.2, -0.15) is 0 Å². The van der Waals surface area contributed by atoms with Crippen molar-refractivity contribution < 1.29 is 19.1 Å². The van der Waals surface area contributed by atoms with E-state index < -0.39 is 12.1 Å². The number of carbonyl (C=O) groups is 2. The summed E-state index contributed by atoms with van der Waals surface area (Å²) in [6.07, 6.45) is 7.63. The molecule has 0 bridgehead atoms. The van der Waals surface area contributed by atoms with Crippen LogP contribution in [0.3, 0.4) is 0 Å². The molecular formula is C32H38N2O4. The third kappa shape index (κ3) is 9.25. The molecule has 0 heterocycles. The van der Waals surface area contributed by atoms with Gasteiger partial charge in [-0.1, -0.05) is 105 Å². The predicted octanol–water partition coefficient (Wildman–Crippen LogP) is 6.33. The van der Waals surface area contributed by atoms with Crippen molar-refractivity contribution in [3.63, 3.8) is 0 Å². The minimum absolute atomic E-state index is 0.140. The molecule has 1 aliphatic rings. The lowest BCUT2D eigenvalue weighted by atomic mass is 9.96. The van der Waals surface area contributed by atoms with Crippen LogP contribution >= 0.6 is 0 Å². The lowest BCUT2D eigenvalue weighted by molar-refractivity contribution is -0.123. The zero-order valence-electron chi connectivity index (χ0n) is 21.9. The zero-order valence-corrected chi connectivity index (χ0v) is 21.9. The Kier molecular flexibility index (Phi) is 10.6. The zero-order chi connectivity index (χ0) is 26.4. The molecule has 1 fully saturated rings. The molecule has 2 N–H and O–H groups in total. The van der Waals surface area contributed by atoms with Gasteiger partial charge in [0.1, 0.15) is 25.0 Å². The van der Waals surface area contributed by atoms with Crippen LogP contribution in [0.1, 0.15) is 61.6 Å². The first-order valence-corrected chi connectivity index (χ1v) is 13.7. The first-order chi connectivity index (χ1) is 18.7. The molecule has 0 radical (unpaired) electrons. The fourth-order valence-electron chi connectivity index (χ4n) is 4.72. The lowest BCUT2D eigenvalue weighted by Gasteiger charge is -2.25. The maximum absolute atomic E-state index is 13.3. The second-order valence-corrected chi connectivity index (χ2v) is 9.93. The predicted molar refractivity (Wildman–Crippen MR) is 149 cm³/mol. The molecule has 2 amide bonds. The highest BCUT2D eigenvalue weighted by molar-refractivity contribution is 5.86. The number of benzene rings is 3. The van der Waals surface area contributed by atoms with Crippen molar-refractivity contribution in [2.75, 3.05) is 0 Å². The molecule has 0 spiro atoms. The molecule has 1 saturated carbocycles. The second kappa shape index (κ2) is 14.8. The Morgan fingerprint density at radius 1 is 0.711 bits per heavy atom. The van der Waals surface area contributed by atoms with Gasteiger partial charge in [-0.15, -0.1) is 0 Å². The molecule has 38 heavy (non-hydrogen) atoms. The van der Waals surface area contributed by atoms with E-state index in [1.807, 2.05) is 84.9 Å². The quantitative estimate of drug-likeness (QED) is 0.331. The minimum atomic E-state index is -0.736. The summed E-state index contributed by atoms with van der Waals surface area (Å²) in [6.45, 7) is 0.637. The maximum atomic E-state index is 13.3. The Bertz CT molecular complexity index is 1110. The standard InChI is InChI=1S/C32H38N2O4/c35-31(33-28-16-10-2-1-3-11-17-28)30(34-32(36)38-24-27-14-8-5-9-15-27)22-25-18-20-29(21-19-25)37-23-26-12-6-4-7-13-26/h4-9,12-15,18-21,28,30H,1-3,10-11,16-17,22-24H2,(H,33,35)(H,34,36)/t30-/m0/s1. The molecule has 3 aromatic rings. The van der Waals surface area contributed by atoms with Crippen molar-refractivity contribution in [3.05, 3.63) is 102 Å². The van der Waals surface area contributed by atoms with Gasteiger partial charge < -0.3 is 20.1 Å². The van der Waals surface area contributed by atoms with E-state index in [1.165, 1.54) is 19.3 Å². The number of hydrogen-bond donors (Lipinski definition) is 2. The van der Waals surface area contributed by atoms with Crippen molar-refractivity contribution in [2.45, 2.75) is 76.7 Å². The molecule has 1 atom stereocenters. The van der Waals surface area contributed by atoms with Gasteiger partial charge in [0.2, 0.25) is 5.91 Å². The highest BCUT2D eigenvalue weighted by Gasteiger charge is 2.25. The SMILES string of the molecule is O=C(N[C@@H](Cc1ccc(OCc2ccccc2)cc1)C(=O)NC1CCCCCCC1)OCc1ccccc1. The number of nitrogens with one attached hydrogen (secondary N) is 2. The topological polar surface area (TPSA) is 76.7 Å². The summed E-state index contributed by atoms with van der Waals surface area (Å²) in [5, 5.41) is 6.01. The normalized spacial score (nSPS) is 14.9. The molecule has 6 heteroatoms. The van der Waals surface area contributed by atoms with E-state index in [0.29, 0.717) is 13.0 Å². The fraction of sp³-hybridized carbons (Fsp3) is 0.375. The van der Waals surface area contributed by atoms with Gasteiger partial charge in [0, 0.05) is 12.5 Å². The lowest BCUT2D eigenvalue weighted by Crippen LogP contribution is -2.50. The van der Waals surface area contributed by atoms with Gasteiger partial charge >= 0.3 is 6.09 Å². The van der Waals surface area contributed by atoms with E-state index >= 15 is 0 Å². The van der Waals surface area contributed by atoms with Crippen molar-refractivity contribution in [1.82, 2.24) is 10.6 Å². The first kappa shape index (κ1) is 27.2. The van der Waals surface area contributed by atoms with Gasteiger partial charge in [0.15, 0.2) is 0 Å². The number of carbonyl (C=O) groups excluding carboxylic acids is 2. The van der Waals surface area contributed by atoms with Crippen LogP contribution < -0.4 is 15.4 Å². The summed E-state index contributed by atoms with van der Waals surface area (Å²) in [6, 6.07) is 26.6. The van der Waals surface area contributed by atoms with Crippen molar-refractivity contribution in [1.29, 1.82) is 0 Å². The van der Waals surface area contributed by atoms with Gasteiger partial charge in [-0.3, -0.25) is 4.79 Å². The van der Waals surface area contributed by atoms with Crippen LogP contribution in [-0.4, -0.2) is 24.1 Å². The van der Waals surface area contributed by atoms with Gasteiger partial charge in [0.05, 0.1) is 0 Å². The number of alkyl carbamates (subject to hydrolysis) is 1. The smallest absolute Gasteiger partial charge is 0.408 e. The number of rotatable bonds is 10. The molecule has 3 aromatic carbocycles. The Labute approximate surface area is 225 Å². The molecule has 0 aliphatic heterocycles. The van der Waals surface area contributed by atoms with Crippen molar-refractivity contribution >= 4 is 12.0 Å². The van der Waals surface area contributed by atoms with Crippen LogP contribution in [0.4, 0.5) is 4.79 Å². The average molecular weight is 515 g/mol. The number of hydrogen-bond acceptors (Lipinski definition) is 4. The highest BCUT2D eigenvalue weighted by atomic mass is 16.5. The molecule has 0 aromatic heterocycles. The average Bonchev–Trinajstić information content (AvgIpc) is 2.93. The number of ether oxygens (including phenoxy) is 2. The summed E-state index contributed by atoms with van der Waals surface area (Å²) >= 11 is 0. The molecule has 4 rings (SSSR count). The Hall–Kier alpha value is -3.80. The van der Waals surface area contributed by atoms with E-state index in [4.69, 9.17) is 9.47 Å². The minimum Gasteiger partial charge on any atom is -0.489 e. The Morgan fingerprint density at radius 2 is 1.29 bits per heavy atom. The van der Waals surface area contributed by atoms with Crippen LogP contribution in [0, 0.1) is 0 Å². The molecule has 1 aliphatic carbocycles. The third-order valence-electron chi connectivity index (χ3n) is 6.88. The second-order valence-electron chi connectivity index (χ2n) is 9.93. The van der Waals surface area contributed by atoms with Crippen LogP contribution in [-0.2, 0) is 29.2 Å². The van der Waals surface area contributed by atoms with Gasteiger partial charge in [-0.25, -0.2) is 4.79 Å². The van der Waals surface area contributed by atoms with E-state index in [0.717, 1.165) is 48.1 Å². The van der Waals surface area contributed by atoms with E-state index in [1.54, 1.807) is 0 Å². The summed E-state index contributed by atoms with van der Waals surface area (Å²) in [7, 11) is 0. The summed E-state index contributed by atoms with van der Waals surface area (Å²) in [4.78, 5) is 26.0. The van der Waals surface area contributed by atoms with E-state index in [9.17, 15) is 9.59 Å². The fourth-order valence-corrected chi connectivity index (χ4v) is 4.72. The largest absolute Gasteiger partial charge is 0.489 e.